The van der Waals surface area contributed by atoms with E-state index in [1.165, 1.54) is 24.3 Å². The van der Waals surface area contributed by atoms with Crippen LogP contribution in [0.3, 0.4) is 0 Å². The van der Waals surface area contributed by atoms with Gasteiger partial charge >= 0.3 is 12.2 Å². The lowest BCUT2D eigenvalue weighted by Crippen LogP contribution is -2.54. The van der Waals surface area contributed by atoms with Crippen LogP contribution in [0.4, 0.5) is 26.7 Å². The van der Waals surface area contributed by atoms with Crippen LogP contribution in [0.15, 0.2) is 104 Å². The number of hydrogen-bond acceptors (Lipinski definition) is 12. The minimum atomic E-state index is -1.09. The van der Waals surface area contributed by atoms with Crippen LogP contribution in [0.1, 0.15) is 81.5 Å². The normalized spacial score (nSPS) is 11.6. The number of hydrogen-bond donors (Lipinski definition) is 6. The standard InChI is InChI=1S/C52H64N8O12/c1-5-37-13-7-8-15-39(37)33-59(44-17-10-9-14-38(44)6-2)47(63)27-26-45(61)54-30-12-31-70-32-28-46(62)58-48(35(3)4)50(65)57-43(16-11-29-55-51(53)66)49(64)56-40-20-18-36(19-21-40)34-71-52(67)72-42-24-22-41(23-25-42)60(68)69/h6-10,13-15,17-25,35,43,48H,2,5,11-12,16,26-34H2,1,3-4H3,(H,54,61)(H,56,64)(H,57,65)(H,58,62)(H3,53,55,66)/t43-,48-/m0/s1. The van der Waals surface area contributed by atoms with E-state index in [2.05, 4.69) is 40.1 Å². The van der Waals surface area contributed by atoms with Crippen molar-refractivity contribution < 1.29 is 52.7 Å². The molecule has 4 aromatic rings. The molecule has 0 bridgehead atoms. The molecule has 0 unspecified atom stereocenters. The van der Waals surface area contributed by atoms with Crippen molar-refractivity contribution in [3.8, 4) is 5.75 Å². The minimum absolute atomic E-state index is 0.00206. The number of ether oxygens (including phenoxy) is 3. The monoisotopic (exact) mass is 992 g/mol. The Morgan fingerprint density at radius 2 is 1.46 bits per heavy atom. The van der Waals surface area contributed by atoms with Crippen molar-refractivity contribution in [2.24, 2.45) is 11.7 Å². The van der Waals surface area contributed by atoms with Gasteiger partial charge < -0.3 is 51.4 Å². The van der Waals surface area contributed by atoms with Crippen molar-refractivity contribution in [3.05, 3.63) is 136 Å². The van der Waals surface area contributed by atoms with E-state index in [0.717, 1.165) is 28.8 Å². The quantitative estimate of drug-likeness (QED) is 0.0113. The number of carbonyl (C=O) groups is 7. The highest BCUT2D eigenvalue weighted by molar-refractivity contribution is 5.99. The second-order valence-corrected chi connectivity index (χ2v) is 16.8. The van der Waals surface area contributed by atoms with Crippen LogP contribution >= 0.6 is 0 Å². The zero-order valence-corrected chi connectivity index (χ0v) is 40.8. The molecule has 2 atom stereocenters. The smallest absolute Gasteiger partial charge is 0.429 e. The molecule has 7 N–H and O–H groups in total. The lowest BCUT2D eigenvalue weighted by molar-refractivity contribution is -0.384. The van der Waals surface area contributed by atoms with Crippen molar-refractivity contribution in [1.29, 1.82) is 0 Å². The van der Waals surface area contributed by atoms with Gasteiger partial charge in [-0.2, -0.15) is 0 Å². The molecular formula is C52H64N8O12. The zero-order valence-electron chi connectivity index (χ0n) is 40.8. The summed E-state index contributed by atoms with van der Waals surface area (Å²) in [7, 11) is 0. The van der Waals surface area contributed by atoms with Crippen LogP contribution in [-0.2, 0) is 53.0 Å². The Labute approximate surface area is 418 Å². The van der Waals surface area contributed by atoms with Gasteiger partial charge in [0, 0.05) is 56.8 Å². The molecule has 0 fully saturated rings. The number of anilines is 2. The number of nitrogens with zero attached hydrogens (tertiary/aromatic N) is 2. The number of non-ortho nitro benzene ring substituents is 1. The molecule has 0 aliphatic heterocycles. The molecule has 0 spiro atoms. The molecule has 4 rings (SSSR count). The third kappa shape index (κ3) is 19.3. The van der Waals surface area contributed by atoms with E-state index in [-0.39, 0.29) is 87.6 Å². The summed E-state index contributed by atoms with van der Waals surface area (Å²) in [6.07, 6.45) is 2.24. The Hall–Kier alpha value is -8.13. The molecule has 0 aromatic heterocycles. The summed E-state index contributed by atoms with van der Waals surface area (Å²) in [5.74, 6) is -2.44. The Bertz CT molecular complexity index is 2480. The van der Waals surface area contributed by atoms with Crippen molar-refractivity contribution >= 4 is 64.9 Å². The van der Waals surface area contributed by atoms with Gasteiger partial charge in [-0.05, 0) is 84.2 Å². The van der Waals surface area contributed by atoms with Gasteiger partial charge in [0.15, 0.2) is 0 Å². The van der Waals surface area contributed by atoms with Gasteiger partial charge in [-0.15, -0.1) is 0 Å². The minimum Gasteiger partial charge on any atom is -0.429 e. The van der Waals surface area contributed by atoms with Gasteiger partial charge in [-0.25, -0.2) is 9.59 Å². The third-order valence-electron chi connectivity index (χ3n) is 11.1. The largest absolute Gasteiger partial charge is 0.514 e. The predicted molar refractivity (Wildman–Crippen MR) is 270 cm³/mol. The summed E-state index contributed by atoms with van der Waals surface area (Å²) in [5.41, 5.74) is 9.60. The van der Waals surface area contributed by atoms with Crippen LogP contribution in [0.25, 0.3) is 6.08 Å². The molecule has 4 aromatic carbocycles. The SMILES string of the molecule is C=Cc1ccccc1N(Cc1ccccc1CC)C(=O)CCC(=O)NCCCOCCC(=O)N[C@H](C(=O)N[C@@H](CCCNC(N)=O)C(=O)Nc1ccc(COC(=O)Oc2ccc([N+](=O)[O-])cc2)cc1)C(C)C. The molecule has 0 aliphatic carbocycles. The van der Waals surface area contributed by atoms with Crippen LogP contribution in [0, 0.1) is 16.0 Å². The summed E-state index contributed by atoms with van der Waals surface area (Å²) < 4.78 is 15.8. The fraction of sp³-hybridized carbons (Fsp3) is 0.365. The average molecular weight is 993 g/mol. The van der Waals surface area contributed by atoms with Crippen LogP contribution in [0.5, 0.6) is 5.75 Å². The summed E-state index contributed by atoms with van der Waals surface area (Å²) >= 11 is 0. The number of benzene rings is 4. The van der Waals surface area contributed by atoms with E-state index in [1.54, 1.807) is 49.1 Å². The maximum atomic E-state index is 13.6. The van der Waals surface area contributed by atoms with Crippen molar-refractivity contribution in [2.45, 2.75) is 91.0 Å². The molecule has 384 valence electrons. The fourth-order valence-electron chi connectivity index (χ4n) is 7.20. The second kappa shape index (κ2) is 29.8. The number of amides is 7. The molecule has 0 aliphatic rings. The number of nitro benzene ring substituents is 1. The van der Waals surface area contributed by atoms with E-state index in [0.29, 0.717) is 30.8 Å². The fourth-order valence-corrected chi connectivity index (χ4v) is 7.20. The van der Waals surface area contributed by atoms with Crippen LogP contribution in [-0.4, -0.2) is 85.0 Å². The molecule has 72 heavy (non-hydrogen) atoms. The third-order valence-corrected chi connectivity index (χ3v) is 11.1. The van der Waals surface area contributed by atoms with E-state index in [4.69, 9.17) is 19.9 Å². The highest BCUT2D eigenvalue weighted by Crippen LogP contribution is 2.26. The van der Waals surface area contributed by atoms with E-state index in [1.807, 2.05) is 48.5 Å². The van der Waals surface area contributed by atoms with E-state index in [9.17, 15) is 43.7 Å². The number of nitrogens with one attached hydrogen (secondary N) is 5. The Balaban J connectivity index is 1.20. The van der Waals surface area contributed by atoms with Gasteiger partial charge in [-0.1, -0.05) is 88.0 Å². The van der Waals surface area contributed by atoms with E-state index >= 15 is 0 Å². The van der Waals surface area contributed by atoms with Gasteiger partial charge in [0.2, 0.25) is 29.5 Å². The first-order chi connectivity index (χ1) is 34.6. The first-order valence-corrected chi connectivity index (χ1v) is 23.6. The van der Waals surface area contributed by atoms with Gasteiger partial charge in [0.25, 0.3) is 5.69 Å². The highest BCUT2D eigenvalue weighted by atomic mass is 16.7. The first kappa shape index (κ1) is 56.5. The molecule has 0 saturated heterocycles. The zero-order chi connectivity index (χ0) is 52.4. The molecule has 0 radical (unpaired) electrons. The number of urea groups is 1. The lowest BCUT2D eigenvalue weighted by Gasteiger charge is -2.26. The summed E-state index contributed by atoms with van der Waals surface area (Å²) in [5, 5.41) is 24.3. The summed E-state index contributed by atoms with van der Waals surface area (Å²) in [6, 6.07) is 23.8. The number of nitro groups is 1. The van der Waals surface area contributed by atoms with Crippen molar-refractivity contribution in [1.82, 2.24) is 21.3 Å². The van der Waals surface area contributed by atoms with Crippen molar-refractivity contribution in [3.63, 3.8) is 0 Å². The first-order valence-electron chi connectivity index (χ1n) is 23.6. The summed E-state index contributed by atoms with van der Waals surface area (Å²) in [4.78, 5) is 102. The molecular weight excluding hydrogens is 929 g/mol. The maximum Gasteiger partial charge on any atom is 0.514 e. The Morgan fingerprint density at radius 3 is 2.12 bits per heavy atom. The lowest BCUT2D eigenvalue weighted by atomic mass is 10.0. The van der Waals surface area contributed by atoms with Gasteiger partial charge in [-0.3, -0.25) is 34.1 Å². The number of nitrogens with two attached hydrogens (primary N) is 1. The average Bonchev–Trinajstić information content (AvgIpc) is 3.36. The number of para-hydroxylation sites is 1. The number of rotatable bonds is 29. The molecule has 7 amide bonds. The molecule has 20 heteroatoms. The highest BCUT2D eigenvalue weighted by Gasteiger charge is 2.29. The predicted octanol–water partition coefficient (Wildman–Crippen LogP) is 6.46. The van der Waals surface area contributed by atoms with Gasteiger partial charge in [0.1, 0.15) is 24.4 Å². The number of primary amides is 1. The molecule has 0 saturated carbocycles. The van der Waals surface area contributed by atoms with Gasteiger partial charge in [0.05, 0.1) is 23.8 Å². The topological polar surface area (TPSA) is 280 Å². The van der Waals surface area contributed by atoms with Crippen LogP contribution in [0.2, 0.25) is 0 Å². The number of aryl methyl sites for hydroxylation is 1. The molecule has 0 heterocycles. The van der Waals surface area contributed by atoms with Crippen LogP contribution < -0.4 is 42.0 Å². The van der Waals surface area contributed by atoms with E-state index < -0.39 is 46.9 Å². The Kier molecular flexibility index (Phi) is 23.4. The number of carbonyl (C=O) groups excluding carboxylic acids is 7. The molecule has 20 nitrogen and oxygen atoms in total. The second-order valence-electron chi connectivity index (χ2n) is 16.8. The maximum absolute atomic E-state index is 13.6. The van der Waals surface area contributed by atoms with Crippen molar-refractivity contribution in [2.75, 3.05) is 36.5 Å². The Morgan fingerprint density at radius 1 is 0.778 bits per heavy atom. The summed E-state index contributed by atoms with van der Waals surface area (Å²) in [6.45, 7) is 10.3.